The number of aromatic carboxylic acids is 1. The Kier molecular flexibility index (Phi) is 4.31. The van der Waals surface area contributed by atoms with Gasteiger partial charge in [0.2, 0.25) is 0 Å². The van der Waals surface area contributed by atoms with Crippen LogP contribution in [0.3, 0.4) is 0 Å². The third-order valence-corrected chi connectivity index (χ3v) is 2.84. The standard InChI is InChI=1S/C13H17NO4/c1-8-4-5-10(13(17)18)6-11(8)14(3)7-9(2)12(15)16/h4-6,9H,7H2,1-3H3,(H,15,16)(H,17,18). The number of hydrogen-bond acceptors (Lipinski definition) is 3. The molecule has 5 nitrogen and oxygen atoms in total. The van der Waals surface area contributed by atoms with Crippen LogP contribution in [-0.4, -0.2) is 35.7 Å². The number of hydrogen-bond donors (Lipinski definition) is 2. The molecular weight excluding hydrogens is 234 g/mol. The van der Waals surface area contributed by atoms with Crippen molar-refractivity contribution in [3.05, 3.63) is 29.3 Å². The van der Waals surface area contributed by atoms with Crippen LogP contribution in [0.15, 0.2) is 18.2 Å². The molecule has 98 valence electrons. The van der Waals surface area contributed by atoms with Gasteiger partial charge >= 0.3 is 11.9 Å². The predicted octanol–water partition coefficient (Wildman–Crippen LogP) is 1.85. The molecular formula is C13H17NO4. The van der Waals surface area contributed by atoms with Crippen molar-refractivity contribution < 1.29 is 19.8 Å². The van der Waals surface area contributed by atoms with Gasteiger partial charge in [-0.05, 0) is 24.6 Å². The lowest BCUT2D eigenvalue weighted by Gasteiger charge is -2.23. The minimum atomic E-state index is -0.990. The SMILES string of the molecule is Cc1ccc(C(=O)O)cc1N(C)CC(C)C(=O)O. The van der Waals surface area contributed by atoms with Crippen molar-refractivity contribution >= 4 is 17.6 Å². The Morgan fingerprint density at radius 1 is 1.33 bits per heavy atom. The Bertz CT molecular complexity index is 470. The van der Waals surface area contributed by atoms with Gasteiger partial charge in [0.25, 0.3) is 0 Å². The van der Waals surface area contributed by atoms with Gasteiger partial charge in [-0.25, -0.2) is 4.79 Å². The number of aliphatic carboxylic acids is 1. The largest absolute Gasteiger partial charge is 0.481 e. The molecule has 1 atom stereocenters. The van der Waals surface area contributed by atoms with E-state index in [2.05, 4.69) is 0 Å². The van der Waals surface area contributed by atoms with Crippen molar-refractivity contribution in [2.75, 3.05) is 18.5 Å². The quantitative estimate of drug-likeness (QED) is 0.835. The number of benzene rings is 1. The van der Waals surface area contributed by atoms with Crippen LogP contribution in [0.25, 0.3) is 0 Å². The molecule has 0 bridgehead atoms. The van der Waals surface area contributed by atoms with Gasteiger partial charge in [0.15, 0.2) is 0 Å². The molecule has 0 radical (unpaired) electrons. The fourth-order valence-electron chi connectivity index (χ4n) is 1.74. The fraction of sp³-hybridized carbons (Fsp3) is 0.385. The average Bonchev–Trinajstić information content (AvgIpc) is 2.28. The highest BCUT2D eigenvalue weighted by atomic mass is 16.4. The topological polar surface area (TPSA) is 77.8 Å². The number of nitrogens with zero attached hydrogens (tertiary/aromatic N) is 1. The normalized spacial score (nSPS) is 11.9. The van der Waals surface area contributed by atoms with Crippen LogP contribution in [0, 0.1) is 12.8 Å². The predicted molar refractivity (Wildman–Crippen MR) is 68.2 cm³/mol. The molecule has 0 saturated carbocycles. The Labute approximate surface area is 106 Å². The third-order valence-electron chi connectivity index (χ3n) is 2.84. The second-order valence-electron chi connectivity index (χ2n) is 4.43. The van der Waals surface area contributed by atoms with Crippen LogP contribution in [0.2, 0.25) is 0 Å². The van der Waals surface area contributed by atoms with E-state index in [1.807, 2.05) is 6.92 Å². The molecule has 0 spiro atoms. The Balaban J connectivity index is 2.97. The van der Waals surface area contributed by atoms with E-state index in [1.54, 1.807) is 31.0 Å². The molecule has 1 aromatic rings. The van der Waals surface area contributed by atoms with Gasteiger partial charge in [-0.15, -0.1) is 0 Å². The highest BCUT2D eigenvalue weighted by Gasteiger charge is 2.16. The monoisotopic (exact) mass is 251 g/mol. The van der Waals surface area contributed by atoms with Crippen molar-refractivity contribution in [1.82, 2.24) is 0 Å². The van der Waals surface area contributed by atoms with Gasteiger partial charge in [-0.1, -0.05) is 13.0 Å². The molecule has 1 rings (SSSR count). The number of anilines is 1. The maximum Gasteiger partial charge on any atom is 0.335 e. The molecule has 0 aliphatic carbocycles. The summed E-state index contributed by atoms with van der Waals surface area (Å²) in [7, 11) is 1.76. The second-order valence-corrected chi connectivity index (χ2v) is 4.43. The molecule has 0 aromatic heterocycles. The van der Waals surface area contributed by atoms with Crippen molar-refractivity contribution in [3.63, 3.8) is 0 Å². The highest BCUT2D eigenvalue weighted by Crippen LogP contribution is 2.21. The van der Waals surface area contributed by atoms with Gasteiger partial charge in [0.1, 0.15) is 0 Å². The Hall–Kier alpha value is -2.04. The zero-order valence-electron chi connectivity index (χ0n) is 10.7. The molecule has 5 heteroatoms. The lowest BCUT2D eigenvalue weighted by molar-refractivity contribution is -0.140. The summed E-state index contributed by atoms with van der Waals surface area (Å²) >= 11 is 0. The van der Waals surface area contributed by atoms with Crippen LogP contribution in [0.4, 0.5) is 5.69 Å². The van der Waals surface area contributed by atoms with E-state index in [0.717, 1.165) is 11.3 Å². The lowest BCUT2D eigenvalue weighted by Crippen LogP contribution is -2.29. The molecule has 18 heavy (non-hydrogen) atoms. The summed E-state index contributed by atoms with van der Waals surface area (Å²) in [4.78, 5) is 23.5. The number of rotatable bonds is 5. The van der Waals surface area contributed by atoms with Crippen molar-refractivity contribution in [1.29, 1.82) is 0 Å². The maximum absolute atomic E-state index is 10.9. The van der Waals surface area contributed by atoms with E-state index in [0.29, 0.717) is 6.54 Å². The number of carboxylic acid groups (broad SMARTS) is 2. The molecule has 0 aliphatic heterocycles. The summed E-state index contributed by atoms with van der Waals surface area (Å²) in [5.41, 5.74) is 1.86. The van der Waals surface area contributed by atoms with Crippen LogP contribution in [-0.2, 0) is 4.79 Å². The summed E-state index contributed by atoms with van der Waals surface area (Å²) < 4.78 is 0. The number of carboxylic acids is 2. The van der Waals surface area contributed by atoms with Crippen molar-refractivity contribution in [2.45, 2.75) is 13.8 Å². The van der Waals surface area contributed by atoms with Gasteiger partial charge in [-0.2, -0.15) is 0 Å². The minimum absolute atomic E-state index is 0.199. The number of carbonyl (C=O) groups is 2. The molecule has 1 unspecified atom stereocenters. The van der Waals surface area contributed by atoms with Crippen LogP contribution < -0.4 is 4.90 Å². The molecule has 2 N–H and O–H groups in total. The zero-order chi connectivity index (χ0) is 13.9. The zero-order valence-corrected chi connectivity index (χ0v) is 10.7. The van der Waals surface area contributed by atoms with E-state index in [4.69, 9.17) is 10.2 Å². The summed E-state index contributed by atoms with van der Waals surface area (Å²) in [6.45, 7) is 3.82. The molecule has 1 aromatic carbocycles. The lowest BCUT2D eigenvalue weighted by atomic mass is 10.1. The summed E-state index contributed by atoms with van der Waals surface area (Å²) in [5, 5.41) is 17.8. The van der Waals surface area contributed by atoms with Crippen LogP contribution >= 0.6 is 0 Å². The van der Waals surface area contributed by atoms with Gasteiger partial charge < -0.3 is 15.1 Å². The van der Waals surface area contributed by atoms with Crippen LogP contribution in [0.1, 0.15) is 22.8 Å². The van der Waals surface area contributed by atoms with Gasteiger partial charge in [-0.3, -0.25) is 4.79 Å². The first-order chi connectivity index (χ1) is 8.32. The first-order valence-corrected chi connectivity index (χ1v) is 5.60. The summed E-state index contributed by atoms with van der Waals surface area (Å²) in [6, 6.07) is 4.82. The van der Waals surface area contributed by atoms with E-state index in [9.17, 15) is 9.59 Å². The van der Waals surface area contributed by atoms with E-state index < -0.39 is 17.9 Å². The third kappa shape index (κ3) is 3.23. The first-order valence-electron chi connectivity index (χ1n) is 5.60. The molecule has 0 amide bonds. The second kappa shape index (κ2) is 5.53. The first kappa shape index (κ1) is 14.0. The molecule has 0 heterocycles. The van der Waals surface area contributed by atoms with Crippen molar-refractivity contribution in [3.8, 4) is 0 Å². The Morgan fingerprint density at radius 3 is 2.44 bits per heavy atom. The summed E-state index contributed by atoms with van der Waals surface area (Å²) in [6.07, 6.45) is 0. The summed E-state index contributed by atoms with van der Waals surface area (Å²) in [5.74, 6) is -2.37. The van der Waals surface area contributed by atoms with Gasteiger partial charge in [0.05, 0.1) is 11.5 Å². The fourth-order valence-corrected chi connectivity index (χ4v) is 1.74. The van der Waals surface area contributed by atoms with E-state index in [-0.39, 0.29) is 5.56 Å². The minimum Gasteiger partial charge on any atom is -0.481 e. The van der Waals surface area contributed by atoms with E-state index in [1.165, 1.54) is 6.07 Å². The molecule has 0 saturated heterocycles. The van der Waals surface area contributed by atoms with Crippen LogP contribution in [0.5, 0.6) is 0 Å². The molecule has 0 aliphatic rings. The maximum atomic E-state index is 10.9. The molecule has 0 fully saturated rings. The highest BCUT2D eigenvalue weighted by molar-refractivity contribution is 5.89. The smallest absolute Gasteiger partial charge is 0.335 e. The Morgan fingerprint density at radius 2 is 1.94 bits per heavy atom. The van der Waals surface area contributed by atoms with Gasteiger partial charge in [0, 0.05) is 19.3 Å². The number of aryl methyl sites for hydroxylation is 1. The van der Waals surface area contributed by atoms with Crippen molar-refractivity contribution in [2.24, 2.45) is 5.92 Å². The van der Waals surface area contributed by atoms with E-state index >= 15 is 0 Å². The average molecular weight is 251 g/mol.